The van der Waals surface area contributed by atoms with E-state index in [2.05, 4.69) is 20.8 Å². The molecule has 2 aromatic rings. The molecule has 1 amide bonds. The van der Waals surface area contributed by atoms with E-state index in [0.717, 1.165) is 16.7 Å². The van der Waals surface area contributed by atoms with Gasteiger partial charge in [-0.2, -0.15) is 0 Å². The van der Waals surface area contributed by atoms with Gasteiger partial charge in [0.25, 0.3) is 0 Å². The second-order valence-corrected chi connectivity index (χ2v) is 6.92. The second-order valence-electron chi connectivity index (χ2n) is 6.92. The molecule has 0 N–H and O–H groups in total. The molecule has 1 atom stereocenters. The van der Waals surface area contributed by atoms with Gasteiger partial charge in [0.2, 0.25) is 5.91 Å². The lowest BCUT2D eigenvalue weighted by atomic mass is 9.78. The van der Waals surface area contributed by atoms with Gasteiger partial charge in [0.05, 0.1) is 13.2 Å². The zero-order valence-electron chi connectivity index (χ0n) is 13.5. The third kappa shape index (κ3) is 2.88. The van der Waals surface area contributed by atoms with Crippen molar-refractivity contribution < 1.29 is 13.9 Å². The van der Waals surface area contributed by atoms with Crippen molar-refractivity contribution in [1.29, 1.82) is 0 Å². The van der Waals surface area contributed by atoms with Gasteiger partial charge in [-0.25, -0.2) is 0 Å². The van der Waals surface area contributed by atoms with Crippen molar-refractivity contribution in [3.63, 3.8) is 0 Å². The van der Waals surface area contributed by atoms with Crippen LogP contribution in [0.1, 0.15) is 32.4 Å². The van der Waals surface area contributed by atoms with Crippen molar-refractivity contribution in [2.45, 2.75) is 26.7 Å². The van der Waals surface area contributed by atoms with Crippen LogP contribution < -0.4 is 0 Å². The topological polar surface area (TPSA) is 42.7 Å². The smallest absolute Gasteiger partial charge is 0.234 e. The molecule has 1 fully saturated rings. The molecule has 4 nitrogen and oxygen atoms in total. The van der Waals surface area contributed by atoms with Crippen LogP contribution in [0.15, 0.2) is 34.7 Å². The quantitative estimate of drug-likeness (QED) is 0.853. The largest absolute Gasteiger partial charge is 0.460 e. The molecule has 0 spiro atoms. The van der Waals surface area contributed by atoms with Crippen LogP contribution in [0.4, 0.5) is 0 Å². The summed E-state index contributed by atoms with van der Waals surface area (Å²) in [5, 5.41) is 1.04. The van der Waals surface area contributed by atoms with Gasteiger partial charge in [0.1, 0.15) is 17.3 Å². The summed E-state index contributed by atoms with van der Waals surface area (Å²) in [5.41, 5.74) is 0.630. The van der Waals surface area contributed by atoms with Crippen LogP contribution in [0.5, 0.6) is 0 Å². The first-order valence-electron chi connectivity index (χ1n) is 7.82. The van der Waals surface area contributed by atoms with Crippen molar-refractivity contribution in [2.75, 3.05) is 26.3 Å². The molecular formula is C18H23NO3. The first kappa shape index (κ1) is 15.1. The Morgan fingerprint density at radius 3 is 2.50 bits per heavy atom. The number of amides is 1. The maximum absolute atomic E-state index is 13.0. The molecule has 1 aromatic carbocycles. The van der Waals surface area contributed by atoms with E-state index in [9.17, 15) is 4.79 Å². The summed E-state index contributed by atoms with van der Waals surface area (Å²) in [6, 6.07) is 9.89. The van der Waals surface area contributed by atoms with E-state index in [-0.39, 0.29) is 17.2 Å². The van der Waals surface area contributed by atoms with E-state index in [1.165, 1.54) is 0 Å². The highest BCUT2D eigenvalue weighted by molar-refractivity contribution is 5.86. The molecule has 0 radical (unpaired) electrons. The third-order valence-electron chi connectivity index (χ3n) is 4.16. The first-order chi connectivity index (χ1) is 10.5. The Morgan fingerprint density at radius 1 is 1.18 bits per heavy atom. The number of benzene rings is 1. The van der Waals surface area contributed by atoms with Gasteiger partial charge in [-0.05, 0) is 17.5 Å². The lowest BCUT2D eigenvalue weighted by molar-refractivity contribution is -0.139. The molecule has 118 valence electrons. The number of hydrogen-bond donors (Lipinski definition) is 0. The van der Waals surface area contributed by atoms with Crippen molar-refractivity contribution in [2.24, 2.45) is 5.41 Å². The predicted molar refractivity (Wildman–Crippen MR) is 85.8 cm³/mol. The highest BCUT2D eigenvalue weighted by Gasteiger charge is 2.38. The number of fused-ring (bicyclic) bond motifs is 1. The molecular weight excluding hydrogens is 278 g/mol. The van der Waals surface area contributed by atoms with Crippen molar-refractivity contribution >= 4 is 16.9 Å². The van der Waals surface area contributed by atoms with Crippen LogP contribution in [0.2, 0.25) is 0 Å². The lowest BCUT2D eigenvalue weighted by Crippen LogP contribution is -2.45. The molecule has 0 aliphatic carbocycles. The Labute approximate surface area is 131 Å². The van der Waals surface area contributed by atoms with Crippen molar-refractivity contribution in [1.82, 2.24) is 4.90 Å². The predicted octanol–water partition coefficient (Wildman–Crippen LogP) is 3.42. The molecule has 4 heteroatoms. The Bertz CT molecular complexity index is 629. The molecule has 1 aromatic heterocycles. The first-order valence-corrected chi connectivity index (χ1v) is 7.82. The minimum absolute atomic E-state index is 0.134. The average Bonchev–Trinajstić information content (AvgIpc) is 2.89. The standard InChI is InChI=1S/C18H23NO3/c1-18(2,3)16(17(20)19-8-10-21-11-9-19)15-12-13-6-4-5-7-14(13)22-15/h4-7,12,16H,8-11H2,1-3H3. The summed E-state index contributed by atoms with van der Waals surface area (Å²) >= 11 is 0. The highest BCUT2D eigenvalue weighted by Crippen LogP contribution is 2.39. The van der Waals surface area contributed by atoms with Gasteiger partial charge >= 0.3 is 0 Å². The van der Waals surface area contributed by atoms with Crippen molar-refractivity contribution in [3.8, 4) is 0 Å². The fraction of sp³-hybridized carbons (Fsp3) is 0.500. The van der Waals surface area contributed by atoms with E-state index in [4.69, 9.17) is 9.15 Å². The summed E-state index contributed by atoms with van der Waals surface area (Å²) in [4.78, 5) is 14.9. The van der Waals surface area contributed by atoms with E-state index >= 15 is 0 Å². The normalized spacial score (nSPS) is 17.7. The number of para-hydroxylation sites is 1. The maximum atomic E-state index is 13.0. The van der Waals surface area contributed by atoms with Gasteiger partial charge in [0, 0.05) is 18.5 Å². The lowest BCUT2D eigenvalue weighted by Gasteiger charge is -2.35. The van der Waals surface area contributed by atoms with E-state index in [1.54, 1.807) is 0 Å². The minimum atomic E-state index is -0.280. The molecule has 1 aliphatic heterocycles. The molecule has 1 saturated heterocycles. The van der Waals surface area contributed by atoms with Crippen LogP contribution in [0.25, 0.3) is 11.0 Å². The number of morpholine rings is 1. The van der Waals surface area contributed by atoms with Crippen LogP contribution in [-0.2, 0) is 9.53 Å². The van der Waals surface area contributed by atoms with Gasteiger partial charge in [-0.15, -0.1) is 0 Å². The van der Waals surface area contributed by atoms with Crippen LogP contribution in [0, 0.1) is 5.41 Å². The number of rotatable bonds is 2. The molecule has 3 rings (SSSR count). The monoisotopic (exact) mass is 301 g/mol. The number of furan rings is 1. The van der Waals surface area contributed by atoms with Gasteiger partial charge < -0.3 is 14.1 Å². The molecule has 1 aliphatic rings. The van der Waals surface area contributed by atoms with Crippen LogP contribution >= 0.6 is 0 Å². The summed E-state index contributed by atoms with van der Waals surface area (Å²) in [5.74, 6) is 0.609. The Morgan fingerprint density at radius 2 is 1.86 bits per heavy atom. The minimum Gasteiger partial charge on any atom is -0.460 e. The Balaban J connectivity index is 1.97. The van der Waals surface area contributed by atoms with Gasteiger partial charge in [0.15, 0.2) is 0 Å². The van der Waals surface area contributed by atoms with E-state index in [0.29, 0.717) is 26.3 Å². The average molecular weight is 301 g/mol. The third-order valence-corrected chi connectivity index (χ3v) is 4.16. The molecule has 22 heavy (non-hydrogen) atoms. The van der Waals surface area contributed by atoms with E-state index in [1.807, 2.05) is 35.2 Å². The molecule has 1 unspecified atom stereocenters. The molecule has 2 heterocycles. The molecule has 0 bridgehead atoms. The number of hydrogen-bond acceptors (Lipinski definition) is 3. The number of carbonyl (C=O) groups excluding carboxylic acids is 1. The fourth-order valence-electron chi connectivity index (χ4n) is 3.03. The number of nitrogens with zero attached hydrogens (tertiary/aromatic N) is 1. The summed E-state index contributed by atoms with van der Waals surface area (Å²) in [6.45, 7) is 8.80. The SMILES string of the molecule is CC(C)(C)C(C(=O)N1CCOCC1)c1cc2ccccc2o1. The molecule has 0 saturated carbocycles. The highest BCUT2D eigenvalue weighted by atomic mass is 16.5. The summed E-state index contributed by atoms with van der Waals surface area (Å²) in [7, 11) is 0. The second kappa shape index (κ2) is 5.76. The summed E-state index contributed by atoms with van der Waals surface area (Å²) < 4.78 is 11.3. The fourth-order valence-corrected chi connectivity index (χ4v) is 3.03. The van der Waals surface area contributed by atoms with Crippen LogP contribution in [-0.4, -0.2) is 37.1 Å². The zero-order valence-corrected chi connectivity index (χ0v) is 13.5. The summed E-state index contributed by atoms with van der Waals surface area (Å²) in [6.07, 6.45) is 0. The number of ether oxygens (including phenoxy) is 1. The van der Waals surface area contributed by atoms with Gasteiger partial charge in [-0.1, -0.05) is 39.0 Å². The Kier molecular flexibility index (Phi) is 3.96. The van der Waals surface area contributed by atoms with Crippen LogP contribution in [0.3, 0.4) is 0 Å². The number of carbonyl (C=O) groups is 1. The van der Waals surface area contributed by atoms with Gasteiger partial charge in [-0.3, -0.25) is 4.79 Å². The van der Waals surface area contributed by atoms with Crippen molar-refractivity contribution in [3.05, 3.63) is 36.1 Å². The zero-order chi connectivity index (χ0) is 15.7. The maximum Gasteiger partial charge on any atom is 0.234 e. The van der Waals surface area contributed by atoms with E-state index < -0.39 is 0 Å². The Hall–Kier alpha value is -1.81.